The fourth-order valence-corrected chi connectivity index (χ4v) is 9.72. The first-order valence-corrected chi connectivity index (χ1v) is 15.2. The Kier molecular flexibility index (Phi) is 4.61. The van der Waals surface area contributed by atoms with E-state index in [1.165, 1.54) is 0 Å². The molecule has 39 heavy (non-hydrogen) atoms. The Morgan fingerprint density at radius 3 is 1.54 bits per heavy atom. The largest absolute Gasteiger partial charge is 0.335 e. The smallest absolute Gasteiger partial charge is 0.257 e. The van der Waals surface area contributed by atoms with E-state index in [1.807, 2.05) is 0 Å². The lowest BCUT2D eigenvalue weighted by Gasteiger charge is -2.45. The molecule has 2 heterocycles. The fraction of sp³-hybridized carbons (Fsp3) is 0.657. The summed E-state index contributed by atoms with van der Waals surface area (Å²) in [7, 11) is 0. The van der Waals surface area contributed by atoms with Crippen LogP contribution in [-0.4, -0.2) is 22.9 Å². The Labute approximate surface area is 233 Å². The highest BCUT2D eigenvalue weighted by Crippen LogP contribution is 2.76. The minimum atomic E-state index is -1.24. The van der Waals surface area contributed by atoms with Gasteiger partial charge in [0.15, 0.2) is 0 Å². The second-order valence-corrected chi connectivity index (χ2v) is 15.6. The molecule has 4 nitrogen and oxygen atoms in total. The summed E-state index contributed by atoms with van der Waals surface area (Å²) in [6, 6.07) is 21.0. The van der Waals surface area contributed by atoms with Crippen LogP contribution >= 0.6 is 0 Å². The first-order valence-electron chi connectivity index (χ1n) is 15.2. The molecule has 2 aromatic carbocycles. The summed E-state index contributed by atoms with van der Waals surface area (Å²) in [4.78, 5) is 0. The van der Waals surface area contributed by atoms with E-state index in [0.717, 1.165) is 36.8 Å². The molecule has 1 unspecified atom stereocenters. The molecule has 10 atom stereocenters. The summed E-state index contributed by atoms with van der Waals surface area (Å²) in [5.41, 5.74) is 1.28. The minimum absolute atomic E-state index is 0.0240. The topological polar surface area (TPSA) is 36.9 Å². The van der Waals surface area contributed by atoms with Crippen LogP contribution in [0.4, 0.5) is 0 Å². The molecule has 0 spiro atoms. The molecule has 2 aliphatic heterocycles. The van der Waals surface area contributed by atoms with Gasteiger partial charge in [-0.15, -0.1) is 0 Å². The third-order valence-electron chi connectivity index (χ3n) is 12.9. The predicted molar refractivity (Wildman–Crippen MR) is 150 cm³/mol. The lowest BCUT2D eigenvalue weighted by molar-refractivity contribution is -0.391. The van der Waals surface area contributed by atoms with Crippen LogP contribution in [0.15, 0.2) is 60.7 Å². The first-order chi connectivity index (χ1) is 18.3. The van der Waals surface area contributed by atoms with E-state index in [2.05, 4.69) is 109 Å². The average molecular weight is 529 g/mol. The molecule has 208 valence electrons. The van der Waals surface area contributed by atoms with Crippen LogP contribution in [0.5, 0.6) is 0 Å². The fourth-order valence-electron chi connectivity index (χ4n) is 9.72. The number of hydrogen-bond acceptors (Lipinski definition) is 4. The van der Waals surface area contributed by atoms with Gasteiger partial charge in [-0.2, -0.15) is 0 Å². The highest BCUT2D eigenvalue weighted by atomic mass is 16.9. The molecule has 0 bridgehead atoms. The van der Waals surface area contributed by atoms with Crippen molar-refractivity contribution < 1.29 is 18.9 Å². The standard InChI is InChI=1S/C35H44O4/c1-29(2)24-18-28-31(5,19-25(24)29)37-34(36-28,22-14-10-8-11-15-22)35(23-16-12-9-13-17-23)38-32(6)20-26-27(30(26,3)4)21-33(32,7)39-35/h8-17,24-28H,18-21H2,1-7H3/t24-,25+,26-,27+,28-,31+,32-,33+,34+,35?/m1/s1. The van der Waals surface area contributed by atoms with E-state index >= 15 is 0 Å². The van der Waals surface area contributed by atoms with Crippen molar-refractivity contribution in [1.29, 1.82) is 0 Å². The number of hydrogen-bond donors (Lipinski definition) is 0. The zero-order chi connectivity index (χ0) is 27.3. The maximum absolute atomic E-state index is 7.52. The SMILES string of the molecule is CC1(C)[C@@H]2C[C@H]3O[C@](c4ccccc4)(C4(c5ccccc5)O[C@]5(C)C[C@@H]6[C@H](C[C@]5(C)O4)C6(C)C)O[C@@]3(C)C[C@@H]21. The molecule has 0 N–H and O–H groups in total. The van der Waals surface area contributed by atoms with Gasteiger partial charge in [0.2, 0.25) is 0 Å². The Bertz CT molecular complexity index is 1290. The second kappa shape index (κ2) is 7.18. The molecule has 4 saturated carbocycles. The summed E-state index contributed by atoms with van der Waals surface area (Å²) < 4.78 is 29.9. The Balaban J connectivity index is 1.31. The molecular weight excluding hydrogens is 484 g/mol. The van der Waals surface area contributed by atoms with Crippen LogP contribution in [0.1, 0.15) is 85.3 Å². The normalized spacial score (nSPS) is 51.8. The van der Waals surface area contributed by atoms with Gasteiger partial charge in [0.05, 0.1) is 22.9 Å². The predicted octanol–water partition coefficient (Wildman–Crippen LogP) is 7.56. The molecule has 2 saturated heterocycles. The summed E-state index contributed by atoms with van der Waals surface area (Å²) >= 11 is 0. The summed E-state index contributed by atoms with van der Waals surface area (Å²) in [6.07, 6.45) is 3.96. The van der Waals surface area contributed by atoms with Gasteiger partial charge in [-0.05, 0) is 81.0 Å². The second-order valence-electron chi connectivity index (χ2n) is 15.6. The number of rotatable bonds is 3. The molecule has 0 aromatic heterocycles. The van der Waals surface area contributed by atoms with Gasteiger partial charge < -0.3 is 18.9 Å². The van der Waals surface area contributed by atoms with Gasteiger partial charge in [-0.25, -0.2) is 0 Å². The molecule has 2 aromatic rings. The maximum atomic E-state index is 7.52. The van der Waals surface area contributed by atoms with E-state index in [9.17, 15) is 0 Å². The number of benzene rings is 2. The zero-order valence-corrected chi connectivity index (χ0v) is 24.6. The highest BCUT2D eigenvalue weighted by molar-refractivity contribution is 5.36. The molecular formula is C35H44O4. The Morgan fingerprint density at radius 2 is 1.00 bits per heavy atom. The summed E-state index contributed by atoms with van der Waals surface area (Å²) in [5.74, 6) is 0.186. The monoisotopic (exact) mass is 528 g/mol. The van der Waals surface area contributed by atoms with Crippen molar-refractivity contribution in [2.45, 2.75) is 109 Å². The van der Waals surface area contributed by atoms with E-state index in [-0.39, 0.29) is 6.10 Å². The first kappa shape index (κ1) is 25.0. The van der Waals surface area contributed by atoms with E-state index in [4.69, 9.17) is 18.9 Å². The zero-order valence-electron chi connectivity index (χ0n) is 24.6. The van der Waals surface area contributed by atoms with Crippen molar-refractivity contribution in [3.63, 3.8) is 0 Å². The molecule has 8 rings (SSSR count). The van der Waals surface area contributed by atoms with Crippen molar-refractivity contribution in [3.05, 3.63) is 71.8 Å². The van der Waals surface area contributed by atoms with Gasteiger partial charge in [0.25, 0.3) is 11.6 Å². The third-order valence-corrected chi connectivity index (χ3v) is 12.9. The minimum Gasteiger partial charge on any atom is -0.335 e. The van der Waals surface area contributed by atoms with Gasteiger partial charge in [-0.1, -0.05) is 88.4 Å². The van der Waals surface area contributed by atoms with Crippen LogP contribution in [0.3, 0.4) is 0 Å². The average Bonchev–Trinajstić information content (AvgIpc) is 3.44. The van der Waals surface area contributed by atoms with E-state index in [1.54, 1.807) is 0 Å². The van der Waals surface area contributed by atoms with Crippen LogP contribution in [0.25, 0.3) is 0 Å². The van der Waals surface area contributed by atoms with Crippen LogP contribution in [-0.2, 0) is 30.5 Å². The van der Waals surface area contributed by atoms with Crippen molar-refractivity contribution in [2.24, 2.45) is 34.5 Å². The Morgan fingerprint density at radius 1 is 0.538 bits per heavy atom. The van der Waals surface area contributed by atoms with Crippen LogP contribution in [0.2, 0.25) is 0 Å². The van der Waals surface area contributed by atoms with E-state index in [0.29, 0.717) is 34.5 Å². The lowest BCUT2D eigenvalue weighted by Crippen LogP contribution is -2.53. The van der Waals surface area contributed by atoms with E-state index < -0.39 is 28.4 Å². The molecule has 6 fully saturated rings. The summed E-state index contributed by atoms with van der Waals surface area (Å²) in [6.45, 7) is 16.5. The third kappa shape index (κ3) is 2.95. The van der Waals surface area contributed by atoms with Gasteiger partial charge >= 0.3 is 0 Å². The quantitative estimate of drug-likeness (QED) is 0.412. The van der Waals surface area contributed by atoms with Gasteiger partial charge in [0.1, 0.15) is 0 Å². The van der Waals surface area contributed by atoms with Gasteiger partial charge in [0, 0.05) is 11.1 Å². The number of fused-ring (bicyclic) bond motifs is 4. The molecule has 4 heteroatoms. The van der Waals surface area contributed by atoms with Crippen molar-refractivity contribution >= 4 is 0 Å². The van der Waals surface area contributed by atoms with Crippen molar-refractivity contribution in [1.82, 2.24) is 0 Å². The maximum Gasteiger partial charge on any atom is 0.257 e. The molecule has 0 radical (unpaired) electrons. The lowest BCUT2D eigenvalue weighted by atomic mass is 9.74. The van der Waals surface area contributed by atoms with Crippen LogP contribution < -0.4 is 0 Å². The molecule has 4 aliphatic carbocycles. The van der Waals surface area contributed by atoms with Crippen molar-refractivity contribution in [3.8, 4) is 0 Å². The van der Waals surface area contributed by atoms with Crippen LogP contribution in [0, 0.1) is 34.5 Å². The Hall–Kier alpha value is -1.72. The molecule has 0 amide bonds. The summed E-state index contributed by atoms with van der Waals surface area (Å²) in [5, 5.41) is 0. The number of ether oxygens (including phenoxy) is 4. The molecule has 6 aliphatic rings. The van der Waals surface area contributed by atoms with Gasteiger partial charge in [-0.3, -0.25) is 0 Å². The van der Waals surface area contributed by atoms with Crippen molar-refractivity contribution in [2.75, 3.05) is 0 Å². The highest BCUT2D eigenvalue weighted by Gasteiger charge is 2.81.